The number of sulfonamides is 1. The highest BCUT2D eigenvalue weighted by Gasteiger charge is 2.31. The lowest BCUT2D eigenvalue weighted by Gasteiger charge is -2.24. The molecule has 1 heterocycles. The highest BCUT2D eigenvalue weighted by molar-refractivity contribution is 7.89. The monoisotopic (exact) mass is 421 g/mol. The largest absolute Gasteiger partial charge is 0.508 e. The van der Waals surface area contributed by atoms with Crippen LogP contribution in [0.5, 0.6) is 5.75 Å². The van der Waals surface area contributed by atoms with Gasteiger partial charge in [-0.15, -0.1) is 0 Å². The minimum absolute atomic E-state index is 0.0444. The SMILES string of the molecule is Cc1ccc(C2=NN(c3ccc(S(N)(=O)=O)cc3)C(c3ccccc3O)C2)cc1C. The Kier molecular flexibility index (Phi) is 5.09. The molecule has 0 saturated carbocycles. The van der Waals surface area contributed by atoms with E-state index in [1.54, 1.807) is 24.3 Å². The van der Waals surface area contributed by atoms with Gasteiger partial charge in [-0.05, 0) is 66.9 Å². The molecule has 1 atom stereocenters. The van der Waals surface area contributed by atoms with E-state index in [2.05, 4.69) is 32.0 Å². The molecule has 0 spiro atoms. The molecular weight excluding hydrogens is 398 g/mol. The van der Waals surface area contributed by atoms with Crippen LogP contribution >= 0.6 is 0 Å². The van der Waals surface area contributed by atoms with Crippen molar-refractivity contribution in [3.63, 3.8) is 0 Å². The van der Waals surface area contributed by atoms with Crippen molar-refractivity contribution in [3.8, 4) is 5.75 Å². The lowest BCUT2D eigenvalue weighted by Crippen LogP contribution is -2.19. The van der Waals surface area contributed by atoms with Gasteiger partial charge >= 0.3 is 0 Å². The van der Waals surface area contributed by atoms with E-state index in [-0.39, 0.29) is 16.7 Å². The number of nitrogens with two attached hydrogens (primary N) is 1. The Labute approximate surface area is 176 Å². The average molecular weight is 422 g/mol. The van der Waals surface area contributed by atoms with E-state index in [4.69, 9.17) is 10.2 Å². The van der Waals surface area contributed by atoms with Gasteiger partial charge in [-0.25, -0.2) is 13.6 Å². The summed E-state index contributed by atoms with van der Waals surface area (Å²) in [4.78, 5) is 0.0444. The number of hydrogen-bond acceptors (Lipinski definition) is 5. The lowest BCUT2D eigenvalue weighted by molar-refractivity contribution is 0.461. The molecule has 0 fully saturated rings. The topological polar surface area (TPSA) is 96.0 Å². The fraction of sp³-hybridized carbons (Fsp3) is 0.174. The Balaban J connectivity index is 1.78. The van der Waals surface area contributed by atoms with Crippen molar-refractivity contribution in [1.82, 2.24) is 0 Å². The van der Waals surface area contributed by atoms with Crippen molar-refractivity contribution in [3.05, 3.63) is 89.0 Å². The normalized spacial score (nSPS) is 16.6. The van der Waals surface area contributed by atoms with Crippen LogP contribution in [0, 0.1) is 13.8 Å². The number of primary sulfonamides is 1. The van der Waals surface area contributed by atoms with Crippen LogP contribution in [0.4, 0.5) is 5.69 Å². The van der Waals surface area contributed by atoms with Crippen LogP contribution in [-0.2, 0) is 10.0 Å². The molecule has 154 valence electrons. The van der Waals surface area contributed by atoms with Gasteiger partial charge in [-0.2, -0.15) is 5.10 Å². The first-order chi connectivity index (χ1) is 14.2. The molecule has 3 aromatic rings. The van der Waals surface area contributed by atoms with Gasteiger partial charge in [0, 0.05) is 12.0 Å². The summed E-state index contributed by atoms with van der Waals surface area (Å²) in [6.07, 6.45) is 0.608. The molecule has 6 nitrogen and oxygen atoms in total. The van der Waals surface area contributed by atoms with Crippen LogP contribution in [-0.4, -0.2) is 19.2 Å². The predicted molar refractivity (Wildman–Crippen MR) is 118 cm³/mol. The number of phenolic OH excluding ortho intramolecular Hbond substituents is 1. The molecule has 7 heteroatoms. The first-order valence-corrected chi connectivity index (χ1v) is 11.1. The quantitative estimate of drug-likeness (QED) is 0.665. The molecule has 1 aliphatic heterocycles. The first kappa shape index (κ1) is 20.1. The highest BCUT2D eigenvalue weighted by Crippen LogP contribution is 2.40. The van der Waals surface area contributed by atoms with Crippen molar-refractivity contribution < 1.29 is 13.5 Å². The molecule has 1 unspecified atom stereocenters. The Hall–Kier alpha value is -3.16. The van der Waals surface area contributed by atoms with E-state index in [1.807, 2.05) is 17.1 Å². The minimum Gasteiger partial charge on any atom is -0.508 e. The van der Waals surface area contributed by atoms with Gasteiger partial charge in [-0.3, -0.25) is 5.01 Å². The number of benzene rings is 3. The van der Waals surface area contributed by atoms with Crippen LogP contribution in [0.1, 0.15) is 34.7 Å². The van der Waals surface area contributed by atoms with Crippen LogP contribution in [0.15, 0.2) is 76.7 Å². The van der Waals surface area contributed by atoms with Gasteiger partial charge in [0.2, 0.25) is 10.0 Å². The molecule has 0 amide bonds. The second kappa shape index (κ2) is 7.59. The number of para-hydroxylation sites is 1. The minimum atomic E-state index is -3.77. The van der Waals surface area contributed by atoms with Gasteiger partial charge < -0.3 is 5.11 Å². The summed E-state index contributed by atoms with van der Waals surface area (Å²) in [5.41, 5.74) is 5.81. The van der Waals surface area contributed by atoms with Gasteiger partial charge in [0.05, 0.1) is 22.3 Å². The maximum atomic E-state index is 11.6. The molecule has 3 aromatic carbocycles. The number of nitrogens with zero attached hydrogens (tertiary/aromatic N) is 2. The second-order valence-electron chi connectivity index (χ2n) is 7.51. The maximum Gasteiger partial charge on any atom is 0.238 e. The highest BCUT2D eigenvalue weighted by atomic mass is 32.2. The van der Waals surface area contributed by atoms with Crippen LogP contribution in [0.25, 0.3) is 0 Å². The summed E-state index contributed by atoms with van der Waals surface area (Å²) in [7, 11) is -3.77. The summed E-state index contributed by atoms with van der Waals surface area (Å²) >= 11 is 0. The molecule has 0 aromatic heterocycles. The third-order valence-corrected chi connectivity index (χ3v) is 6.41. The zero-order chi connectivity index (χ0) is 21.5. The summed E-state index contributed by atoms with van der Waals surface area (Å²) < 4.78 is 23.2. The fourth-order valence-corrected chi connectivity index (χ4v) is 4.16. The van der Waals surface area contributed by atoms with Crippen molar-refractivity contribution in [1.29, 1.82) is 0 Å². The number of phenols is 1. The number of rotatable bonds is 4. The van der Waals surface area contributed by atoms with Crippen molar-refractivity contribution in [2.45, 2.75) is 31.2 Å². The second-order valence-corrected chi connectivity index (χ2v) is 9.07. The zero-order valence-corrected chi connectivity index (χ0v) is 17.6. The molecule has 0 bridgehead atoms. The van der Waals surface area contributed by atoms with Gasteiger partial charge in [0.25, 0.3) is 0 Å². The smallest absolute Gasteiger partial charge is 0.238 e. The zero-order valence-electron chi connectivity index (χ0n) is 16.8. The predicted octanol–water partition coefficient (Wildman–Crippen LogP) is 4.01. The standard InChI is InChI=1S/C23H23N3O3S/c1-15-7-8-17(13-16(15)2)21-14-22(20-5-3-4-6-23(20)27)26(25-21)18-9-11-19(12-10-18)30(24,28)29/h3-13,22,27H,14H2,1-2H3,(H2,24,28,29). The van der Waals surface area contributed by atoms with E-state index in [1.165, 1.54) is 23.3 Å². The van der Waals surface area contributed by atoms with E-state index in [0.717, 1.165) is 22.5 Å². The van der Waals surface area contributed by atoms with Gasteiger partial charge in [0.1, 0.15) is 5.75 Å². The number of hydrogen-bond donors (Lipinski definition) is 2. The molecule has 1 aliphatic rings. The van der Waals surface area contributed by atoms with Crippen molar-refractivity contribution in [2.24, 2.45) is 10.2 Å². The third kappa shape index (κ3) is 3.81. The summed E-state index contributed by atoms with van der Waals surface area (Å²) in [6.45, 7) is 4.14. The van der Waals surface area contributed by atoms with Crippen LogP contribution in [0.3, 0.4) is 0 Å². The Morgan fingerprint density at radius 2 is 1.70 bits per heavy atom. The molecule has 3 N–H and O–H groups in total. The van der Waals surface area contributed by atoms with Crippen LogP contribution < -0.4 is 10.1 Å². The van der Waals surface area contributed by atoms with Crippen molar-refractivity contribution >= 4 is 21.4 Å². The van der Waals surface area contributed by atoms with Gasteiger partial charge in [-0.1, -0.05) is 30.3 Å². The molecule has 0 saturated heterocycles. The fourth-order valence-electron chi connectivity index (χ4n) is 3.64. The number of anilines is 1. The third-order valence-electron chi connectivity index (χ3n) is 5.48. The van der Waals surface area contributed by atoms with E-state index in [0.29, 0.717) is 6.42 Å². The van der Waals surface area contributed by atoms with E-state index < -0.39 is 10.0 Å². The Morgan fingerprint density at radius 1 is 1.00 bits per heavy atom. The molecule has 0 radical (unpaired) electrons. The maximum absolute atomic E-state index is 11.6. The first-order valence-electron chi connectivity index (χ1n) is 9.59. The molecular formula is C23H23N3O3S. The van der Waals surface area contributed by atoms with Crippen molar-refractivity contribution in [2.75, 3.05) is 5.01 Å². The van der Waals surface area contributed by atoms with E-state index >= 15 is 0 Å². The summed E-state index contributed by atoms with van der Waals surface area (Å²) in [5.74, 6) is 0.199. The number of aromatic hydroxyl groups is 1. The molecule has 4 rings (SSSR count). The average Bonchev–Trinajstić information content (AvgIpc) is 3.15. The summed E-state index contributed by atoms with van der Waals surface area (Å²) in [6, 6.07) is 19.5. The van der Waals surface area contributed by atoms with Crippen LogP contribution in [0.2, 0.25) is 0 Å². The Morgan fingerprint density at radius 3 is 2.33 bits per heavy atom. The number of aryl methyl sites for hydroxylation is 2. The number of hydrazone groups is 1. The lowest BCUT2D eigenvalue weighted by atomic mass is 9.96. The van der Waals surface area contributed by atoms with E-state index in [9.17, 15) is 13.5 Å². The molecule has 30 heavy (non-hydrogen) atoms. The molecule has 0 aliphatic carbocycles. The Bertz CT molecular complexity index is 1230. The summed E-state index contributed by atoms with van der Waals surface area (Å²) in [5, 5.41) is 22.3. The van der Waals surface area contributed by atoms with Gasteiger partial charge in [0.15, 0.2) is 0 Å².